The van der Waals surface area contributed by atoms with Gasteiger partial charge in [0.25, 0.3) is 0 Å². The van der Waals surface area contributed by atoms with Crippen molar-refractivity contribution in [3.63, 3.8) is 0 Å². The lowest BCUT2D eigenvalue weighted by molar-refractivity contribution is 0.255. The lowest BCUT2D eigenvalue weighted by Crippen LogP contribution is -2.32. The molecule has 0 unspecified atom stereocenters. The Morgan fingerprint density at radius 3 is 2.30 bits per heavy atom. The van der Waals surface area contributed by atoms with Crippen LogP contribution < -0.4 is 0 Å². The highest BCUT2D eigenvalue weighted by molar-refractivity contribution is 5.22. The first-order valence-corrected chi connectivity index (χ1v) is 9.46. The SMILES string of the molecule is CCCCCc1cnc([C@]2(C#N)CC[C@H](CCCC)CC2)nc1. The smallest absolute Gasteiger partial charge is 0.148 e. The molecular formula is C20H31N3. The van der Waals surface area contributed by atoms with E-state index in [0.29, 0.717) is 0 Å². The first-order valence-electron chi connectivity index (χ1n) is 9.46. The largest absolute Gasteiger partial charge is 0.239 e. The fourth-order valence-electron chi connectivity index (χ4n) is 3.65. The van der Waals surface area contributed by atoms with Crippen molar-refractivity contribution in [3.05, 3.63) is 23.8 Å². The molecule has 0 amide bonds. The van der Waals surface area contributed by atoms with Gasteiger partial charge in [-0.3, -0.25) is 0 Å². The number of aromatic nitrogens is 2. The fraction of sp³-hybridized carbons (Fsp3) is 0.750. The zero-order chi connectivity index (χ0) is 16.5. The molecule has 0 radical (unpaired) electrons. The Morgan fingerprint density at radius 2 is 1.74 bits per heavy atom. The van der Waals surface area contributed by atoms with Crippen molar-refractivity contribution in [1.29, 1.82) is 5.26 Å². The van der Waals surface area contributed by atoms with Crippen molar-refractivity contribution in [1.82, 2.24) is 9.97 Å². The number of rotatable bonds is 8. The van der Waals surface area contributed by atoms with E-state index in [0.717, 1.165) is 43.8 Å². The summed E-state index contributed by atoms with van der Waals surface area (Å²) in [5, 5.41) is 9.77. The first kappa shape index (κ1) is 17.9. The van der Waals surface area contributed by atoms with Gasteiger partial charge in [0.2, 0.25) is 0 Å². The predicted molar refractivity (Wildman–Crippen MR) is 94.0 cm³/mol. The Hall–Kier alpha value is -1.43. The zero-order valence-electron chi connectivity index (χ0n) is 14.9. The van der Waals surface area contributed by atoms with Gasteiger partial charge in [-0.25, -0.2) is 9.97 Å². The summed E-state index contributed by atoms with van der Waals surface area (Å²) in [5.41, 5.74) is 0.761. The molecule has 126 valence electrons. The van der Waals surface area contributed by atoms with E-state index in [1.165, 1.54) is 44.1 Å². The van der Waals surface area contributed by atoms with E-state index in [-0.39, 0.29) is 0 Å². The van der Waals surface area contributed by atoms with Crippen molar-refractivity contribution in [3.8, 4) is 6.07 Å². The van der Waals surface area contributed by atoms with E-state index >= 15 is 0 Å². The van der Waals surface area contributed by atoms with Crippen molar-refractivity contribution in [2.45, 2.75) is 89.9 Å². The monoisotopic (exact) mass is 313 g/mol. The molecule has 2 rings (SSSR count). The standard InChI is InChI=1S/C20H31N3/c1-3-5-7-9-18-14-22-19(23-15-18)20(16-21)12-10-17(11-13-20)8-6-4-2/h14-15,17H,3-13H2,1-2H3/t17-,20+. The van der Waals surface area contributed by atoms with Crippen LogP contribution >= 0.6 is 0 Å². The minimum Gasteiger partial charge on any atom is -0.239 e. The molecule has 1 aliphatic rings. The van der Waals surface area contributed by atoms with E-state index in [4.69, 9.17) is 0 Å². The highest BCUT2D eigenvalue weighted by Gasteiger charge is 2.39. The van der Waals surface area contributed by atoms with Gasteiger partial charge in [-0.2, -0.15) is 5.26 Å². The Bertz CT molecular complexity index is 493. The molecule has 23 heavy (non-hydrogen) atoms. The third-order valence-corrected chi connectivity index (χ3v) is 5.34. The number of unbranched alkanes of at least 4 members (excludes halogenated alkanes) is 3. The Balaban J connectivity index is 1.97. The van der Waals surface area contributed by atoms with Gasteiger partial charge in [0.05, 0.1) is 6.07 Å². The summed E-state index contributed by atoms with van der Waals surface area (Å²) in [6.07, 6.45) is 16.7. The van der Waals surface area contributed by atoms with Gasteiger partial charge in [-0.05, 0) is 50.0 Å². The third-order valence-electron chi connectivity index (χ3n) is 5.34. The van der Waals surface area contributed by atoms with E-state index in [1.807, 2.05) is 12.4 Å². The van der Waals surface area contributed by atoms with E-state index < -0.39 is 5.41 Å². The van der Waals surface area contributed by atoms with Gasteiger partial charge in [0, 0.05) is 12.4 Å². The van der Waals surface area contributed by atoms with E-state index in [1.54, 1.807) is 0 Å². The predicted octanol–water partition coefficient (Wildman–Crippen LogP) is 5.35. The van der Waals surface area contributed by atoms with Crippen molar-refractivity contribution < 1.29 is 0 Å². The summed E-state index contributed by atoms with van der Waals surface area (Å²) in [6.45, 7) is 4.46. The number of aryl methyl sites for hydroxylation is 1. The summed E-state index contributed by atoms with van der Waals surface area (Å²) in [5.74, 6) is 1.55. The van der Waals surface area contributed by atoms with Crippen LogP contribution in [0.3, 0.4) is 0 Å². The summed E-state index contributed by atoms with van der Waals surface area (Å²) in [4.78, 5) is 9.16. The van der Waals surface area contributed by atoms with Gasteiger partial charge < -0.3 is 0 Å². The van der Waals surface area contributed by atoms with Crippen LogP contribution in [0.5, 0.6) is 0 Å². The lowest BCUT2D eigenvalue weighted by atomic mass is 9.69. The molecule has 3 heteroatoms. The maximum Gasteiger partial charge on any atom is 0.148 e. The first-order chi connectivity index (χ1) is 11.2. The van der Waals surface area contributed by atoms with E-state index in [2.05, 4.69) is 29.9 Å². The number of hydrogen-bond acceptors (Lipinski definition) is 3. The molecule has 3 nitrogen and oxygen atoms in total. The van der Waals surface area contributed by atoms with Gasteiger partial charge in [-0.15, -0.1) is 0 Å². The second-order valence-electron chi connectivity index (χ2n) is 7.15. The van der Waals surface area contributed by atoms with Gasteiger partial charge >= 0.3 is 0 Å². The molecule has 1 heterocycles. The maximum absolute atomic E-state index is 9.77. The van der Waals surface area contributed by atoms with Crippen molar-refractivity contribution >= 4 is 0 Å². The van der Waals surface area contributed by atoms with Crippen molar-refractivity contribution in [2.75, 3.05) is 0 Å². The molecule has 1 aliphatic carbocycles. The van der Waals surface area contributed by atoms with Gasteiger partial charge in [0.1, 0.15) is 11.2 Å². The summed E-state index contributed by atoms with van der Waals surface area (Å²) >= 11 is 0. The zero-order valence-corrected chi connectivity index (χ0v) is 14.9. The molecular weight excluding hydrogens is 282 g/mol. The Morgan fingerprint density at radius 1 is 1.09 bits per heavy atom. The fourth-order valence-corrected chi connectivity index (χ4v) is 3.65. The second-order valence-corrected chi connectivity index (χ2v) is 7.15. The van der Waals surface area contributed by atoms with Gasteiger partial charge in [0.15, 0.2) is 0 Å². The number of nitriles is 1. The molecule has 0 saturated heterocycles. The summed E-state index contributed by atoms with van der Waals surface area (Å²) in [6, 6.07) is 2.56. The molecule has 0 N–H and O–H groups in total. The molecule has 1 saturated carbocycles. The molecule has 1 fully saturated rings. The highest BCUT2D eigenvalue weighted by Crippen LogP contribution is 2.41. The average Bonchev–Trinajstić information content (AvgIpc) is 2.61. The minimum absolute atomic E-state index is 0.440. The second kappa shape index (κ2) is 9.01. The van der Waals surface area contributed by atoms with Crippen molar-refractivity contribution in [2.24, 2.45) is 5.92 Å². The molecule has 0 bridgehead atoms. The third kappa shape index (κ3) is 4.77. The summed E-state index contributed by atoms with van der Waals surface area (Å²) < 4.78 is 0. The van der Waals surface area contributed by atoms with Crippen LogP contribution in [0.2, 0.25) is 0 Å². The lowest BCUT2D eigenvalue weighted by Gasteiger charge is -2.33. The van der Waals surface area contributed by atoms with Crippen LogP contribution in [-0.4, -0.2) is 9.97 Å². The Kier molecular flexibility index (Phi) is 7.02. The van der Waals surface area contributed by atoms with Crippen LogP contribution in [-0.2, 0) is 11.8 Å². The van der Waals surface area contributed by atoms with Crippen LogP contribution in [0.15, 0.2) is 12.4 Å². The number of hydrogen-bond donors (Lipinski definition) is 0. The van der Waals surface area contributed by atoms with Crippen LogP contribution in [0.25, 0.3) is 0 Å². The topological polar surface area (TPSA) is 49.6 Å². The van der Waals surface area contributed by atoms with E-state index in [9.17, 15) is 5.26 Å². The molecule has 0 atom stereocenters. The average molecular weight is 313 g/mol. The normalized spacial score (nSPS) is 24.3. The minimum atomic E-state index is -0.440. The summed E-state index contributed by atoms with van der Waals surface area (Å²) in [7, 11) is 0. The molecule has 0 aromatic carbocycles. The Labute approximate surface area is 141 Å². The molecule has 1 aromatic heterocycles. The van der Waals surface area contributed by atoms with Crippen LogP contribution in [0.4, 0.5) is 0 Å². The maximum atomic E-state index is 9.77. The highest BCUT2D eigenvalue weighted by atomic mass is 14.9. The number of nitrogens with zero attached hydrogens (tertiary/aromatic N) is 3. The van der Waals surface area contributed by atoms with Crippen LogP contribution in [0.1, 0.15) is 89.4 Å². The van der Waals surface area contributed by atoms with Gasteiger partial charge in [-0.1, -0.05) is 46.0 Å². The quantitative estimate of drug-likeness (QED) is 0.608. The molecule has 1 aromatic rings. The molecule has 0 spiro atoms. The van der Waals surface area contributed by atoms with Crippen LogP contribution in [0, 0.1) is 17.2 Å². The molecule has 0 aliphatic heterocycles.